The molecule has 4 heteroatoms. The summed E-state index contributed by atoms with van der Waals surface area (Å²) in [4.78, 5) is 10.1. The second kappa shape index (κ2) is 11.7. The van der Waals surface area contributed by atoms with Crippen molar-refractivity contribution >= 4 is 53.6 Å². The van der Waals surface area contributed by atoms with E-state index < -0.39 is 0 Å². The Kier molecular flexibility index (Phi) is 6.68. The first-order valence-electron chi connectivity index (χ1n) is 16.7. The van der Waals surface area contributed by atoms with Crippen LogP contribution < -0.4 is 0 Å². The molecule has 3 aromatic heterocycles. The van der Waals surface area contributed by atoms with E-state index in [9.17, 15) is 0 Å². The summed E-state index contributed by atoms with van der Waals surface area (Å²) in [5, 5.41) is 4.59. The Morgan fingerprint density at radius 1 is 0.420 bits per heavy atom. The van der Waals surface area contributed by atoms with Crippen molar-refractivity contribution < 1.29 is 4.42 Å². The Morgan fingerprint density at radius 2 is 0.980 bits per heavy atom. The second-order valence-electron chi connectivity index (χ2n) is 12.6. The number of nitrogens with zero attached hydrogens (tertiary/aromatic N) is 2. The first kappa shape index (κ1) is 28.6. The van der Waals surface area contributed by atoms with Crippen LogP contribution in [0, 0.1) is 0 Å². The fraction of sp³-hybridized carbons (Fsp3) is 0. The van der Waals surface area contributed by atoms with E-state index in [1.807, 2.05) is 47.7 Å². The number of para-hydroxylation sites is 1. The zero-order valence-corrected chi connectivity index (χ0v) is 27.7. The topological polar surface area (TPSA) is 38.9 Å². The second-order valence-corrected chi connectivity index (χ2v) is 13.6. The van der Waals surface area contributed by atoms with E-state index in [1.165, 1.54) is 42.4 Å². The predicted molar refractivity (Wildman–Crippen MR) is 209 cm³/mol. The molecule has 0 aliphatic heterocycles. The van der Waals surface area contributed by atoms with Crippen molar-refractivity contribution in [3.8, 4) is 56.0 Å². The smallest absolute Gasteiger partial charge is 0.231 e. The summed E-state index contributed by atoms with van der Waals surface area (Å²) in [6.07, 6.45) is 0. The summed E-state index contributed by atoms with van der Waals surface area (Å²) in [5.41, 5.74) is 11.3. The van der Waals surface area contributed by atoms with Gasteiger partial charge >= 0.3 is 0 Å². The number of hydrogen-bond donors (Lipinski definition) is 0. The molecule has 0 N–H and O–H groups in total. The molecule has 10 rings (SSSR count). The van der Waals surface area contributed by atoms with E-state index in [2.05, 4.69) is 133 Å². The van der Waals surface area contributed by atoms with Gasteiger partial charge in [0.25, 0.3) is 0 Å². The van der Waals surface area contributed by atoms with Crippen LogP contribution in [0.25, 0.3) is 98.3 Å². The van der Waals surface area contributed by atoms with Crippen molar-refractivity contribution in [1.29, 1.82) is 0 Å². The lowest BCUT2D eigenvalue weighted by atomic mass is 9.95. The van der Waals surface area contributed by atoms with E-state index >= 15 is 0 Å². The molecule has 50 heavy (non-hydrogen) atoms. The standard InChI is InChI=1S/C46H28N2OS/c1-2-12-29(13-3-1)43-42-39-21-4-6-24-40(39)49-46(42)48-45(47-43)35-19-10-17-33(28-35)31-15-8-14-30(26-31)32-16-9-18-34(27-32)36-22-11-23-38-37-20-5-7-25-41(37)50-44(36)38/h1-28H. The monoisotopic (exact) mass is 656 g/mol. The van der Waals surface area contributed by atoms with Crippen LogP contribution in [0.4, 0.5) is 0 Å². The minimum atomic E-state index is 0.591. The van der Waals surface area contributed by atoms with Gasteiger partial charge in [-0.3, -0.25) is 0 Å². The molecule has 0 aliphatic rings. The fourth-order valence-corrected chi connectivity index (χ4v) is 8.35. The van der Waals surface area contributed by atoms with Gasteiger partial charge in [-0.1, -0.05) is 140 Å². The third-order valence-electron chi connectivity index (χ3n) is 9.51. The lowest BCUT2D eigenvalue weighted by Gasteiger charge is -2.11. The molecule has 0 amide bonds. The summed E-state index contributed by atoms with van der Waals surface area (Å²) in [6.45, 7) is 0. The summed E-state index contributed by atoms with van der Waals surface area (Å²) in [7, 11) is 0. The van der Waals surface area contributed by atoms with Crippen molar-refractivity contribution in [1.82, 2.24) is 9.97 Å². The predicted octanol–water partition coefficient (Wildman–Crippen LogP) is 13.1. The van der Waals surface area contributed by atoms with Crippen molar-refractivity contribution in [3.63, 3.8) is 0 Å². The summed E-state index contributed by atoms with van der Waals surface area (Å²) in [6, 6.07) is 59.9. The van der Waals surface area contributed by atoms with Gasteiger partial charge in [-0.25, -0.2) is 4.98 Å². The van der Waals surface area contributed by atoms with Crippen molar-refractivity contribution in [2.24, 2.45) is 0 Å². The maximum Gasteiger partial charge on any atom is 0.231 e. The Bertz CT molecular complexity index is 2880. The summed E-state index contributed by atoms with van der Waals surface area (Å²) < 4.78 is 8.93. The molecule has 0 fully saturated rings. The number of hydrogen-bond acceptors (Lipinski definition) is 4. The van der Waals surface area contributed by atoms with Crippen LogP contribution in [-0.4, -0.2) is 9.97 Å². The van der Waals surface area contributed by atoms with E-state index in [1.54, 1.807) is 0 Å². The van der Waals surface area contributed by atoms with Crippen LogP contribution >= 0.6 is 11.3 Å². The quantitative estimate of drug-likeness (QED) is 0.185. The summed E-state index contributed by atoms with van der Waals surface area (Å²) in [5.74, 6) is 0.636. The Balaban J connectivity index is 1.04. The minimum Gasteiger partial charge on any atom is -0.438 e. The molecule has 10 aromatic rings. The largest absolute Gasteiger partial charge is 0.438 e. The lowest BCUT2D eigenvalue weighted by molar-refractivity contribution is 0.653. The highest BCUT2D eigenvalue weighted by atomic mass is 32.1. The molecular weight excluding hydrogens is 629 g/mol. The van der Waals surface area contributed by atoms with Crippen molar-refractivity contribution in [3.05, 3.63) is 170 Å². The first-order chi connectivity index (χ1) is 24.8. The third kappa shape index (κ3) is 4.80. The third-order valence-corrected chi connectivity index (χ3v) is 10.7. The maximum absolute atomic E-state index is 6.29. The van der Waals surface area contributed by atoms with Gasteiger partial charge in [-0.05, 0) is 63.7 Å². The Hall–Kier alpha value is -6.36. The number of furan rings is 1. The van der Waals surface area contributed by atoms with E-state index in [4.69, 9.17) is 14.4 Å². The van der Waals surface area contributed by atoms with E-state index in [-0.39, 0.29) is 0 Å². The molecule has 0 saturated carbocycles. The van der Waals surface area contributed by atoms with E-state index in [0.29, 0.717) is 11.5 Å². The molecule has 0 saturated heterocycles. The van der Waals surface area contributed by atoms with Crippen LogP contribution in [0.2, 0.25) is 0 Å². The molecule has 0 radical (unpaired) electrons. The first-order valence-corrected chi connectivity index (χ1v) is 17.6. The van der Waals surface area contributed by atoms with Gasteiger partial charge in [0.2, 0.25) is 5.71 Å². The highest BCUT2D eigenvalue weighted by molar-refractivity contribution is 7.26. The molecular formula is C46H28N2OS. The highest BCUT2D eigenvalue weighted by Crippen LogP contribution is 2.41. The van der Waals surface area contributed by atoms with Crippen molar-refractivity contribution in [2.45, 2.75) is 0 Å². The van der Waals surface area contributed by atoms with Crippen LogP contribution in [-0.2, 0) is 0 Å². The molecule has 0 unspecified atom stereocenters. The minimum absolute atomic E-state index is 0.591. The van der Waals surface area contributed by atoms with E-state index in [0.717, 1.165) is 44.3 Å². The molecule has 7 aromatic carbocycles. The van der Waals surface area contributed by atoms with Crippen LogP contribution in [0.1, 0.15) is 0 Å². The number of aromatic nitrogens is 2. The van der Waals surface area contributed by atoms with Gasteiger partial charge < -0.3 is 4.42 Å². The molecule has 0 bridgehead atoms. The van der Waals surface area contributed by atoms with Gasteiger partial charge in [-0.15, -0.1) is 11.3 Å². The number of thiophene rings is 1. The highest BCUT2D eigenvalue weighted by Gasteiger charge is 2.18. The maximum atomic E-state index is 6.29. The van der Waals surface area contributed by atoms with Gasteiger partial charge in [0.15, 0.2) is 5.82 Å². The zero-order chi connectivity index (χ0) is 33.0. The Labute approximate surface area is 292 Å². The number of rotatable bonds is 5. The molecule has 3 nitrogen and oxygen atoms in total. The molecule has 3 heterocycles. The zero-order valence-electron chi connectivity index (χ0n) is 26.9. The average molecular weight is 657 g/mol. The van der Waals surface area contributed by atoms with Gasteiger partial charge in [0.05, 0.1) is 11.1 Å². The van der Waals surface area contributed by atoms with Gasteiger partial charge in [-0.2, -0.15) is 4.98 Å². The molecule has 0 atom stereocenters. The Morgan fingerprint density at radius 3 is 1.76 bits per heavy atom. The van der Waals surface area contributed by atoms with Crippen LogP contribution in [0.5, 0.6) is 0 Å². The molecule has 234 valence electrons. The van der Waals surface area contributed by atoms with Crippen molar-refractivity contribution in [2.75, 3.05) is 0 Å². The average Bonchev–Trinajstić information content (AvgIpc) is 3.77. The van der Waals surface area contributed by atoms with Gasteiger partial charge in [0, 0.05) is 36.7 Å². The molecule has 0 aliphatic carbocycles. The fourth-order valence-electron chi connectivity index (χ4n) is 7.11. The number of fused-ring (bicyclic) bond motifs is 6. The SMILES string of the molecule is c1ccc(-c2nc(-c3cccc(-c4cccc(-c5cccc(-c6cccc7c6sc6ccccc67)c5)c4)c3)nc3oc4ccccc4c23)cc1. The summed E-state index contributed by atoms with van der Waals surface area (Å²) >= 11 is 1.87. The van der Waals surface area contributed by atoms with Gasteiger partial charge in [0.1, 0.15) is 5.58 Å². The van der Waals surface area contributed by atoms with Crippen LogP contribution in [0.15, 0.2) is 174 Å². The lowest BCUT2D eigenvalue weighted by Crippen LogP contribution is -1.94. The van der Waals surface area contributed by atoms with Crippen LogP contribution in [0.3, 0.4) is 0 Å². The normalized spacial score (nSPS) is 11.6. The molecule has 0 spiro atoms. The number of benzene rings is 7.